The fraction of sp³-hybridized carbons (Fsp3) is 0.500. The van der Waals surface area contributed by atoms with Crippen molar-refractivity contribution in [3.8, 4) is 0 Å². The van der Waals surface area contributed by atoms with Gasteiger partial charge in [0.05, 0.1) is 4.90 Å². The van der Waals surface area contributed by atoms with E-state index in [0.717, 1.165) is 4.47 Å². The van der Waals surface area contributed by atoms with Crippen molar-refractivity contribution in [2.24, 2.45) is 0 Å². The van der Waals surface area contributed by atoms with E-state index in [9.17, 15) is 13.2 Å². The molecule has 1 aliphatic rings. The highest BCUT2D eigenvalue weighted by molar-refractivity contribution is 9.10. The maximum Gasteiger partial charge on any atom is 0.243 e. The molecular formula is C14H21BrClN3O3S. The van der Waals surface area contributed by atoms with E-state index in [-0.39, 0.29) is 23.2 Å². The van der Waals surface area contributed by atoms with E-state index in [0.29, 0.717) is 39.1 Å². The van der Waals surface area contributed by atoms with Crippen LogP contribution in [0.25, 0.3) is 0 Å². The van der Waals surface area contributed by atoms with Crippen molar-refractivity contribution in [3.05, 3.63) is 28.7 Å². The summed E-state index contributed by atoms with van der Waals surface area (Å²) in [5.41, 5.74) is 0. The first-order chi connectivity index (χ1) is 10.4. The molecule has 0 bridgehead atoms. The molecule has 0 unspecified atom stereocenters. The van der Waals surface area contributed by atoms with Gasteiger partial charge in [-0.05, 0) is 31.3 Å². The first-order valence-electron chi connectivity index (χ1n) is 7.13. The lowest BCUT2D eigenvalue weighted by molar-refractivity contribution is -0.132. The summed E-state index contributed by atoms with van der Waals surface area (Å²) in [4.78, 5) is 13.9. The highest BCUT2D eigenvalue weighted by atomic mass is 79.9. The molecule has 0 saturated carbocycles. The summed E-state index contributed by atoms with van der Waals surface area (Å²) < 4.78 is 27.4. The zero-order valence-corrected chi connectivity index (χ0v) is 16.1. The van der Waals surface area contributed by atoms with Gasteiger partial charge in [0.15, 0.2) is 0 Å². The molecule has 0 radical (unpaired) electrons. The summed E-state index contributed by atoms with van der Waals surface area (Å²) in [6, 6.07) is 6.60. The number of amides is 1. The van der Waals surface area contributed by atoms with Crippen molar-refractivity contribution in [2.75, 3.05) is 39.8 Å². The number of hydrogen-bond donors (Lipinski definition) is 1. The molecule has 9 heteroatoms. The Labute approximate surface area is 151 Å². The molecule has 2 rings (SSSR count). The zero-order valence-electron chi connectivity index (χ0n) is 12.9. The molecule has 0 aliphatic carbocycles. The van der Waals surface area contributed by atoms with Gasteiger partial charge in [-0.15, -0.1) is 12.4 Å². The van der Waals surface area contributed by atoms with Crippen LogP contribution in [0.1, 0.15) is 6.42 Å². The molecule has 0 atom stereocenters. The normalized spacial score (nSPS) is 16.0. The Hall–Kier alpha value is -0.670. The minimum atomic E-state index is -3.48. The third-order valence-electron chi connectivity index (χ3n) is 3.63. The molecule has 1 fully saturated rings. The van der Waals surface area contributed by atoms with Gasteiger partial charge >= 0.3 is 0 Å². The van der Waals surface area contributed by atoms with Crippen LogP contribution in [0.4, 0.5) is 0 Å². The van der Waals surface area contributed by atoms with Gasteiger partial charge in [-0.3, -0.25) is 4.79 Å². The van der Waals surface area contributed by atoms with Crippen LogP contribution in [-0.2, 0) is 14.8 Å². The van der Waals surface area contributed by atoms with Crippen LogP contribution in [0.2, 0.25) is 0 Å². The monoisotopic (exact) mass is 425 g/mol. The molecule has 23 heavy (non-hydrogen) atoms. The van der Waals surface area contributed by atoms with Gasteiger partial charge in [0, 0.05) is 43.6 Å². The Morgan fingerprint density at radius 3 is 2.26 bits per heavy atom. The van der Waals surface area contributed by atoms with Crippen molar-refractivity contribution in [1.82, 2.24) is 14.5 Å². The van der Waals surface area contributed by atoms with E-state index in [2.05, 4.69) is 21.2 Å². The van der Waals surface area contributed by atoms with E-state index in [1.165, 1.54) is 4.31 Å². The number of sulfonamides is 1. The summed E-state index contributed by atoms with van der Waals surface area (Å²) in [6.45, 7) is 2.19. The highest BCUT2D eigenvalue weighted by Gasteiger charge is 2.29. The van der Waals surface area contributed by atoms with Crippen LogP contribution >= 0.6 is 28.3 Å². The number of hydrogen-bond acceptors (Lipinski definition) is 4. The Kier molecular flexibility index (Phi) is 7.96. The predicted molar refractivity (Wildman–Crippen MR) is 95.3 cm³/mol. The molecule has 1 heterocycles. The van der Waals surface area contributed by atoms with Crippen molar-refractivity contribution >= 4 is 44.3 Å². The first kappa shape index (κ1) is 20.4. The number of rotatable bonds is 5. The van der Waals surface area contributed by atoms with Gasteiger partial charge in [0.25, 0.3) is 0 Å². The molecule has 1 N–H and O–H groups in total. The summed E-state index contributed by atoms with van der Waals surface area (Å²) >= 11 is 3.29. The molecule has 130 valence electrons. The van der Waals surface area contributed by atoms with Gasteiger partial charge in [0.2, 0.25) is 15.9 Å². The van der Waals surface area contributed by atoms with Crippen molar-refractivity contribution in [2.45, 2.75) is 11.3 Å². The van der Waals surface area contributed by atoms with Crippen LogP contribution < -0.4 is 5.32 Å². The number of carbonyl (C=O) groups is 1. The number of halogens is 2. The van der Waals surface area contributed by atoms with E-state index in [1.54, 1.807) is 36.2 Å². The second-order valence-corrected chi connectivity index (χ2v) is 7.95. The second kappa shape index (κ2) is 8.98. The first-order valence-corrected chi connectivity index (χ1v) is 9.36. The van der Waals surface area contributed by atoms with E-state index >= 15 is 0 Å². The van der Waals surface area contributed by atoms with E-state index in [4.69, 9.17) is 0 Å². The van der Waals surface area contributed by atoms with Crippen LogP contribution in [0.5, 0.6) is 0 Å². The highest BCUT2D eigenvalue weighted by Crippen LogP contribution is 2.20. The Bertz CT molecular complexity index is 617. The lowest BCUT2D eigenvalue weighted by Crippen LogP contribution is -2.50. The fourth-order valence-corrected chi connectivity index (χ4v) is 4.01. The standard InChI is InChI=1S/C14H20BrN3O3S.ClH/c1-16-7-6-14(19)17-8-10-18(11-9-17)22(20,21)13-4-2-12(15)3-5-13;/h2-5,16H,6-11H2,1H3;1H. The zero-order chi connectivity index (χ0) is 16.2. The number of carbonyl (C=O) groups excluding carboxylic acids is 1. The minimum Gasteiger partial charge on any atom is -0.340 e. The number of nitrogens with one attached hydrogen (secondary N) is 1. The van der Waals surface area contributed by atoms with Crippen LogP contribution in [0, 0.1) is 0 Å². The van der Waals surface area contributed by atoms with Crippen molar-refractivity contribution in [1.29, 1.82) is 0 Å². The van der Waals surface area contributed by atoms with Gasteiger partial charge in [-0.25, -0.2) is 8.42 Å². The number of nitrogens with zero attached hydrogens (tertiary/aromatic N) is 2. The number of benzene rings is 1. The van der Waals surface area contributed by atoms with Crippen molar-refractivity contribution in [3.63, 3.8) is 0 Å². The lowest BCUT2D eigenvalue weighted by Gasteiger charge is -2.34. The molecule has 1 saturated heterocycles. The average Bonchev–Trinajstić information content (AvgIpc) is 2.53. The molecule has 6 nitrogen and oxygen atoms in total. The SMILES string of the molecule is CNCCC(=O)N1CCN(S(=O)(=O)c2ccc(Br)cc2)CC1.Cl. The van der Waals surface area contributed by atoms with Crippen molar-refractivity contribution < 1.29 is 13.2 Å². The average molecular weight is 427 g/mol. The van der Waals surface area contributed by atoms with E-state index in [1.807, 2.05) is 0 Å². The Morgan fingerprint density at radius 2 is 1.74 bits per heavy atom. The van der Waals surface area contributed by atoms with Gasteiger partial charge in [-0.1, -0.05) is 15.9 Å². The predicted octanol–water partition coefficient (Wildman–Crippen LogP) is 1.31. The third-order valence-corrected chi connectivity index (χ3v) is 6.07. The largest absolute Gasteiger partial charge is 0.340 e. The minimum absolute atomic E-state index is 0. The van der Waals surface area contributed by atoms with Gasteiger partial charge in [0.1, 0.15) is 0 Å². The summed E-state index contributed by atoms with van der Waals surface area (Å²) in [5.74, 6) is 0.0649. The van der Waals surface area contributed by atoms with Gasteiger partial charge in [-0.2, -0.15) is 4.31 Å². The number of piperazine rings is 1. The molecule has 0 spiro atoms. The molecule has 1 aliphatic heterocycles. The van der Waals surface area contributed by atoms with Crippen LogP contribution in [-0.4, -0.2) is 63.3 Å². The van der Waals surface area contributed by atoms with Crippen LogP contribution in [0.15, 0.2) is 33.6 Å². The maximum absolute atomic E-state index is 12.5. The quantitative estimate of drug-likeness (QED) is 0.771. The lowest BCUT2D eigenvalue weighted by atomic mass is 10.3. The van der Waals surface area contributed by atoms with Gasteiger partial charge < -0.3 is 10.2 Å². The molecular weight excluding hydrogens is 406 g/mol. The Morgan fingerprint density at radius 1 is 1.17 bits per heavy atom. The maximum atomic E-state index is 12.5. The second-order valence-electron chi connectivity index (χ2n) is 5.09. The van der Waals surface area contributed by atoms with Crippen LogP contribution in [0.3, 0.4) is 0 Å². The Balaban J connectivity index is 0.00000264. The summed E-state index contributed by atoms with van der Waals surface area (Å²) in [6.07, 6.45) is 0.440. The molecule has 0 aromatic heterocycles. The topological polar surface area (TPSA) is 69.7 Å². The summed E-state index contributed by atoms with van der Waals surface area (Å²) in [7, 11) is -1.68. The molecule has 1 amide bonds. The smallest absolute Gasteiger partial charge is 0.243 e. The molecule has 1 aromatic rings. The fourth-order valence-electron chi connectivity index (χ4n) is 2.32. The molecule has 1 aromatic carbocycles. The van der Waals surface area contributed by atoms with E-state index < -0.39 is 10.0 Å². The third kappa shape index (κ3) is 5.15. The summed E-state index contributed by atoms with van der Waals surface area (Å²) in [5, 5.41) is 2.94.